The fraction of sp³-hybridized carbons (Fsp3) is 0.520. The van der Waals surface area contributed by atoms with Crippen molar-refractivity contribution < 1.29 is 14.3 Å². The fourth-order valence-corrected chi connectivity index (χ4v) is 6.13. The van der Waals surface area contributed by atoms with E-state index in [0.717, 1.165) is 64.0 Å². The van der Waals surface area contributed by atoms with Crippen molar-refractivity contribution in [3.8, 4) is 0 Å². The Kier molecular flexibility index (Phi) is 5.61. The van der Waals surface area contributed by atoms with E-state index in [1.54, 1.807) is 11.3 Å². The molecule has 3 heterocycles. The van der Waals surface area contributed by atoms with Gasteiger partial charge in [0.2, 0.25) is 5.91 Å². The number of rotatable bonds is 5. The predicted octanol–water partition coefficient (Wildman–Crippen LogP) is 3.86. The molecule has 6 heteroatoms. The van der Waals surface area contributed by atoms with Crippen LogP contribution in [-0.4, -0.2) is 49.6 Å². The zero-order valence-corrected chi connectivity index (χ0v) is 18.7. The first kappa shape index (κ1) is 20.7. The molecule has 164 valence electrons. The first-order chi connectivity index (χ1) is 15.1. The summed E-state index contributed by atoms with van der Waals surface area (Å²) < 4.78 is 5.61. The highest BCUT2D eigenvalue weighted by atomic mass is 32.1. The highest BCUT2D eigenvalue weighted by Gasteiger charge is 2.58. The molecule has 1 N–H and O–H groups in total. The molecule has 0 unspecified atom stereocenters. The second-order valence-electron chi connectivity index (χ2n) is 9.40. The van der Waals surface area contributed by atoms with Crippen molar-refractivity contribution in [2.75, 3.05) is 32.8 Å². The summed E-state index contributed by atoms with van der Waals surface area (Å²) in [7, 11) is 0. The molecule has 0 radical (unpaired) electrons. The molecule has 1 spiro atoms. The molecule has 1 aromatic carbocycles. The molecule has 0 bridgehead atoms. The average Bonchev–Trinajstić information content (AvgIpc) is 3.24. The molecule has 5 rings (SSSR count). The van der Waals surface area contributed by atoms with Gasteiger partial charge in [0.1, 0.15) is 0 Å². The first-order valence-electron chi connectivity index (χ1n) is 11.3. The minimum absolute atomic E-state index is 0.0342. The Balaban J connectivity index is 1.17. The Morgan fingerprint density at radius 2 is 1.81 bits per heavy atom. The Labute approximate surface area is 187 Å². The van der Waals surface area contributed by atoms with E-state index in [0.29, 0.717) is 6.54 Å². The van der Waals surface area contributed by atoms with E-state index in [-0.39, 0.29) is 28.6 Å². The summed E-state index contributed by atoms with van der Waals surface area (Å²) >= 11 is 1.56. The third kappa shape index (κ3) is 4.03. The van der Waals surface area contributed by atoms with E-state index in [1.165, 1.54) is 5.56 Å². The molecule has 3 aliphatic rings. The minimum atomic E-state index is -0.0342. The predicted molar refractivity (Wildman–Crippen MR) is 121 cm³/mol. The van der Waals surface area contributed by atoms with Crippen molar-refractivity contribution >= 4 is 23.2 Å². The zero-order chi connectivity index (χ0) is 21.3. The van der Waals surface area contributed by atoms with E-state index >= 15 is 0 Å². The van der Waals surface area contributed by atoms with E-state index < -0.39 is 0 Å². The van der Waals surface area contributed by atoms with Gasteiger partial charge in [0, 0.05) is 49.6 Å². The monoisotopic (exact) mass is 438 g/mol. The molecule has 1 aromatic heterocycles. The number of carbonyl (C=O) groups excluding carboxylic acids is 2. The number of likely N-dealkylation sites (tertiary alicyclic amines) is 1. The molecule has 1 atom stereocenters. The van der Waals surface area contributed by atoms with Gasteiger partial charge in [-0.1, -0.05) is 30.3 Å². The van der Waals surface area contributed by atoms with Crippen LogP contribution in [0.2, 0.25) is 0 Å². The fourth-order valence-electron chi connectivity index (χ4n) is 5.50. The number of thiophene rings is 1. The molecule has 2 saturated heterocycles. The summed E-state index contributed by atoms with van der Waals surface area (Å²) in [6.45, 7) is 3.67. The average molecular weight is 439 g/mol. The second-order valence-corrected chi connectivity index (χ2v) is 10.2. The van der Waals surface area contributed by atoms with Gasteiger partial charge in [0.05, 0.1) is 5.56 Å². The van der Waals surface area contributed by atoms with Crippen molar-refractivity contribution in [2.45, 2.75) is 37.5 Å². The van der Waals surface area contributed by atoms with E-state index in [2.05, 4.69) is 29.6 Å². The van der Waals surface area contributed by atoms with Crippen LogP contribution in [0.3, 0.4) is 0 Å². The number of ether oxygens (including phenoxy) is 1. The normalized spacial score (nSPS) is 24.0. The summed E-state index contributed by atoms with van der Waals surface area (Å²) in [5.74, 6) is 0.417. The number of benzene rings is 1. The maximum atomic E-state index is 13.1. The van der Waals surface area contributed by atoms with Crippen molar-refractivity contribution in [1.29, 1.82) is 0 Å². The smallest absolute Gasteiger partial charge is 0.254 e. The lowest BCUT2D eigenvalue weighted by Crippen LogP contribution is -2.46. The first-order valence-corrected chi connectivity index (χ1v) is 12.3. The number of piperidine rings is 1. The van der Waals surface area contributed by atoms with Gasteiger partial charge in [-0.15, -0.1) is 0 Å². The lowest BCUT2D eigenvalue weighted by Gasteiger charge is -2.38. The maximum absolute atomic E-state index is 13.1. The van der Waals surface area contributed by atoms with Crippen LogP contribution in [0.25, 0.3) is 0 Å². The summed E-state index contributed by atoms with van der Waals surface area (Å²) in [4.78, 5) is 27.6. The standard InChI is InChI=1S/C25H30N2O3S/c28-22(26-18-25(9-13-30-14-10-25)20-4-2-1-3-5-20)21-16-24(21)7-11-27(12-8-24)23(29)19-6-15-31-17-19/h1-6,15,17,21H,7-14,16,18H2,(H,26,28)/t21-/m1/s1. The molecular formula is C25H30N2O3S. The number of hydrogen-bond donors (Lipinski definition) is 1. The lowest BCUT2D eigenvalue weighted by molar-refractivity contribution is -0.123. The Morgan fingerprint density at radius 1 is 1.06 bits per heavy atom. The maximum Gasteiger partial charge on any atom is 0.254 e. The van der Waals surface area contributed by atoms with Crippen LogP contribution >= 0.6 is 11.3 Å². The van der Waals surface area contributed by atoms with Crippen molar-refractivity contribution in [3.63, 3.8) is 0 Å². The second kappa shape index (κ2) is 8.40. The molecule has 3 fully saturated rings. The number of nitrogens with zero attached hydrogens (tertiary/aromatic N) is 1. The van der Waals surface area contributed by atoms with Gasteiger partial charge < -0.3 is 15.0 Å². The summed E-state index contributed by atoms with van der Waals surface area (Å²) in [6.07, 6.45) is 4.69. The van der Waals surface area contributed by atoms with E-state index in [9.17, 15) is 9.59 Å². The van der Waals surface area contributed by atoms with Gasteiger partial charge in [-0.2, -0.15) is 11.3 Å². The highest BCUT2D eigenvalue weighted by Crippen LogP contribution is 2.59. The zero-order valence-electron chi connectivity index (χ0n) is 17.8. The molecule has 1 saturated carbocycles. The Bertz CT molecular complexity index is 914. The number of nitrogens with one attached hydrogen (secondary N) is 1. The molecule has 2 aromatic rings. The van der Waals surface area contributed by atoms with Crippen LogP contribution in [-0.2, 0) is 14.9 Å². The van der Waals surface area contributed by atoms with Crippen LogP contribution in [0.4, 0.5) is 0 Å². The van der Waals surface area contributed by atoms with Gasteiger partial charge in [0.15, 0.2) is 0 Å². The topological polar surface area (TPSA) is 58.6 Å². The third-order valence-corrected chi connectivity index (χ3v) is 8.44. The van der Waals surface area contributed by atoms with Gasteiger partial charge in [0.25, 0.3) is 5.91 Å². The third-order valence-electron chi connectivity index (χ3n) is 7.76. The van der Waals surface area contributed by atoms with Gasteiger partial charge in [-0.05, 0) is 54.5 Å². The summed E-state index contributed by atoms with van der Waals surface area (Å²) in [6, 6.07) is 12.4. The van der Waals surface area contributed by atoms with Crippen LogP contribution in [0.1, 0.15) is 48.0 Å². The molecule has 31 heavy (non-hydrogen) atoms. The Morgan fingerprint density at radius 3 is 2.48 bits per heavy atom. The molecular weight excluding hydrogens is 408 g/mol. The summed E-state index contributed by atoms with van der Waals surface area (Å²) in [5, 5.41) is 7.17. The van der Waals surface area contributed by atoms with Gasteiger partial charge in [-0.25, -0.2) is 0 Å². The molecule has 1 aliphatic carbocycles. The minimum Gasteiger partial charge on any atom is -0.381 e. The largest absolute Gasteiger partial charge is 0.381 e. The van der Waals surface area contributed by atoms with Crippen LogP contribution in [0.5, 0.6) is 0 Å². The van der Waals surface area contributed by atoms with Crippen LogP contribution in [0.15, 0.2) is 47.2 Å². The quantitative estimate of drug-likeness (QED) is 0.771. The number of amides is 2. The van der Waals surface area contributed by atoms with E-state index in [1.807, 2.05) is 27.8 Å². The van der Waals surface area contributed by atoms with Gasteiger partial charge in [-0.3, -0.25) is 9.59 Å². The molecule has 2 amide bonds. The van der Waals surface area contributed by atoms with Gasteiger partial charge >= 0.3 is 0 Å². The van der Waals surface area contributed by atoms with E-state index in [4.69, 9.17) is 4.74 Å². The van der Waals surface area contributed by atoms with Crippen molar-refractivity contribution in [1.82, 2.24) is 10.2 Å². The lowest BCUT2D eigenvalue weighted by atomic mass is 9.74. The van der Waals surface area contributed by atoms with Crippen LogP contribution in [0, 0.1) is 11.3 Å². The number of hydrogen-bond acceptors (Lipinski definition) is 4. The van der Waals surface area contributed by atoms with Crippen molar-refractivity contribution in [3.05, 3.63) is 58.3 Å². The summed E-state index contributed by atoms with van der Waals surface area (Å²) in [5.41, 5.74) is 2.15. The van der Waals surface area contributed by atoms with Crippen molar-refractivity contribution in [2.24, 2.45) is 11.3 Å². The van der Waals surface area contributed by atoms with Crippen LogP contribution < -0.4 is 5.32 Å². The highest BCUT2D eigenvalue weighted by molar-refractivity contribution is 7.08. The Hall–Kier alpha value is -2.18. The molecule has 5 nitrogen and oxygen atoms in total. The number of carbonyl (C=O) groups is 2. The SMILES string of the molecule is O=C(NCC1(c2ccccc2)CCOCC1)[C@H]1CC12CCN(C(=O)c1ccsc1)CC2. The molecule has 2 aliphatic heterocycles.